The summed E-state index contributed by atoms with van der Waals surface area (Å²) in [7, 11) is -2.12. The van der Waals surface area contributed by atoms with Crippen molar-refractivity contribution in [1.29, 1.82) is 0 Å². The predicted octanol–water partition coefficient (Wildman–Crippen LogP) is 12.3. The Morgan fingerprint density at radius 2 is 1.29 bits per heavy atom. The topological polar surface area (TPSA) is 186 Å². The van der Waals surface area contributed by atoms with E-state index in [1.54, 1.807) is 34.1 Å². The van der Waals surface area contributed by atoms with Crippen LogP contribution in [0.5, 0.6) is 11.5 Å². The summed E-state index contributed by atoms with van der Waals surface area (Å²) >= 11 is 0. The number of ketones is 2. The van der Waals surface area contributed by atoms with Gasteiger partial charge in [0, 0.05) is 57.8 Å². The molecule has 1 rings (SSSR count). The number of carboxylic acids is 1. The molecule has 0 aliphatic carbocycles. The van der Waals surface area contributed by atoms with Crippen molar-refractivity contribution in [2.45, 2.75) is 209 Å². The number of carboxylic acid groups (broad SMARTS) is 1. The van der Waals surface area contributed by atoms with Crippen LogP contribution in [-0.2, 0) is 48.8 Å². The number of hydrogen-bond donors (Lipinski definition) is 3. The van der Waals surface area contributed by atoms with Crippen LogP contribution in [0.2, 0.25) is 61.9 Å². The van der Waals surface area contributed by atoms with E-state index in [4.69, 9.17) is 37.3 Å². The molecule has 0 aromatic heterocycles. The summed E-state index contributed by atoms with van der Waals surface area (Å²) in [5, 5.41) is 33.2. The van der Waals surface area contributed by atoms with Crippen LogP contribution in [0.15, 0.2) is 53.6 Å². The highest BCUT2D eigenvalue weighted by atomic mass is 28.4. The molecule has 0 heterocycles. The van der Waals surface area contributed by atoms with Crippen LogP contribution >= 0.6 is 0 Å². The molecule has 0 aliphatic heterocycles. The number of aliphatic hydroxyl groups excluding tert-OH is 2. The molecule has 0 saturated heterocycles. The number of aliphatic hydroxyl groups is 2. The molecule has 438 valence electrons. The highest BCUT2D eigenvalue weighted by Gasteiger charge is 2.48. The van der Waals surface area contributed by atoms with Gasteiger partial charge in [0.25, 0.3) is 0 Å². The van der Waals surface area contributed by atoms with E-state index in [2.05, 4.69) is 53.5 Å². The molecule has 17 heteroatoms. The van der Waals surface area contributed by atoms with Crippen molar-refractivity contribution in [2.75, 3.05) is 41.3 Å². The Kier molecular flexibility index (Phi) is 29.3. The number of allylic oxidation sites excluding steroid dienone is 4. The molecule has 0 fully saturated rings. The first-order chi connectivity index (χ1) is 34.9. The summed E-state index contributed by atoms with van der Waals surface area (Å²) in [5.41, 5.74) is 2.13. The number of hydrogen-bond acceptors (Lipinski definition) is 13. The molecular weight excluding hydrogens is 1020 g/mol. The van der Waals surface area contributed by atoms with Gasteiger partial charge in [0.05, 0.1) is 51.8 Å². The van der Waals surface area contributed by atoms with Gasteiger partial charge in [0.2, 0.25) is 0 Å². The van der Waals surface area contributed by atoms with E-state index in [0.717, 1.165) is 11.6 Å². The van der Waals surface area contributed by atoms with Crippen molar-refractivity contribution < 1.29 is 67.0 Å². The Bertz CT molecular complexity index is 2050. The molecule has 1 aromatic rings. The molecule has 3 N–H and O–H groups in total. The van der Waals surface area contributed by atoms with E-state index in [1.807, 2.05) is 112 Å². The van der Waals surface area contributed by atoms with Gasteiger partial charge in [-0.15, -0.1) is 0 Å². The van der Waals surface area contributed by atoms with Crippen molar-refractivity contribution in [2.24, 2.45) is 35.5 Å². The molecule has 0 bridgehead atoms. The van der Waals surface area contributed by atoms with Gasteiger partial charge in [-0.1, -0.05) is 126 Å². The molecule has 76 heavy (non-hydrogen) atoms. The van der Waals surface area contributed by atoms with Gasteiger partial charge in [-0.05, 0) is 97.8 Å². The highest BCUT2D eigenvalue weighted by Crippen LogP contribution is 2.42. The minimum atomic E-state index is -2.62. The second kappa shape index (κ2) is 31.2. The Hall–Kier alpha value is -2.82. The normalized spacial score (nSPS) is 18.4. The fourth-order valence-electron chi connectivity index (χ4n) is 8.72. The zero-order chi connectivity index (χ0) is 58.9. The van der Waals surface area contributed by atoms with E-state index in [-0.39, 0.29) is 47.4 Å². The number of carbonyl (C=O) groups excluding carboxylic acids is 2. The predicted molar refractivity (Wildman–Crippen MR) is 314 cm³/mol. The first-order valence-corrected chi connectivity index (χ1v) is 36.9. The standard InChI is InChI=1S/C59H106O14Si3/c1-25-26-38(2)31-40(4)51(62)46(35-60)54(70-36-45-27-28-48(66-15)50(33-45)67-16)42(6)49(71-37-69-29-30-74(18,19)20)34-47(61)39(3)32-41(5)53(72-75(21,22)58(9,10)11)43(7)52(63)44(8)55(68-17)56(57(64)65)73-76(23,24)59(12,13)14/h25-28,31-33,38-39,42-44,46,49,51,53-56,60,62H,29-30,34-37H2,1-24H3,(H,64,65)/b26-25-,40-31+,41-32+/t38-,39-,42+,43-,44+,46+,49-,51+,53-,54-,55-,56+/m0/s1. The van der Waals surface area contributed by atoms with E-state index < -0.39 is 103 Å². The second-order valence-corrected chi connectivity index (χ2v) is 40.6. The van der Waals surface area contributed by atoms with Gasteiger partial charge in [-0.3, -0.25) is 9.59 Å². The maximum absolute atomic E-state index is 14.8. The number of methoxy groups -OCH3 is 3. The monoisotopic (exact) mass is 1120 g/mol. The number of benzene rings is 1. The molecule has 0 aliphatic rings. The molecule has 1 aromatic carbocycles. The van der Waals surface area contributed by atoms with Gasteiger partial charge in [-0.2, -0.15) is 0 Å². The van der Waals surface area contributed by atoms with Crippen molar-refractivity contribution in [1.82, 2.24) is 0 Å². The third kappa shape index (κ3) is 21.7. The van der Waals surface area contributed by atoms with Crippen LogP contribution in [0.25, 0.3) is 0 Å². The molecule has 0 saturated carbocycles. The fourth-order valence-corrected chi connectivity index (χ4v) is 12.1. The van der Waals surface area contributed by atoms with Gasteiger partial charge in [0.1, 0.15) is 24.5 Å². The Morgan fingerprint density at radius 3 is 1.76 bits per heavy atom. The van der Waals surface area contributed by atoms with Crippen LogP contribution in [0.1, 0.15) is 109 Å². The second-order valence-electron chi connectivity index (χ2n) is 25.4. The average Bonchev–Trinajstić information content (AvgIpc) is 3.31. The number of ether oxygens (including phenoxy) is 6. The number of rotatable bonds is 35. The zero-order valence-corrected chi connectivity index (χ0v) is 54.5. The number of aliphatic carboxylic acids is 1. The van der Waals surface area contributed by atoms with Crippen LogP contribution in [-0.4, -0.2) is 136 Å². The van der Waals surface area contributed by atoms with E-state index in [1.165, 1.54) is 7.11 Å². The third-order valence-electron chi connectivity index (χ3n) is 15.9. The quantitative estimate of drug-likeness (QED) is 0.0252. The SMILES string of the molecule is C/C=C\[C@H](C)/C=C(\C)[C@@H](O)[C@@H](CO)[C@@H](OCc1ccc(OC)c(OC)c1)[C@H](C)[C@H](CC(=O)[C@@H](C)/C=C(\C)[C@H](O[Si](C)(C)C(C)(C)C)[C@@H](C)C(=O)[C@@H](C)[C@H](OC)[C@@H](O[Si](C)(C)C(C)(C)C)C(=O)O)OCOCC[Si](C)(C)C. The van der Waals surface area contributed by atoms with Gasteiger partial charge in [-0.25, -0.2) is 4.79 Å². The lowest BCUT2D eigenvalue weighted by Crippen LogP contribution is -2.54. The average molecular weight is 1120 g/mol. The fraction of sp³-hybridized carbons (Fsp3) is 0.746. The largest absolute Gasteiger partial charge is 0.493 e. The van der Waals surface area contributed by atoms with Crippen molar-refractivity contribution in [3.8, 4) is 11.5 Å². The minimum absolute atomic E-state index is 0.0255. The molecule has 12 atom stereocenters. The lowest BCUT2D eigenvalue weighted by atomic mass is 9.80. The van der Waals surface area contributed by atoms with Gasteiger partial charge in [0.15, 0.2) is 34.2 Å². The van der Waals surface area contributed by atoms with E-state index in [0.29, 0.717) is 29.3 Å². The molecule has 14 nitrogen and oxygen atoms in total. The first kappa shape index (κ1) is 71.2. The number of Topliss-reactive ketones (excluding diaryl/α,β-unsaturated/α-hetero) is 2. The van der Waals surface area contributed by atoms with E-state index in [9.17, 15) is 29.7 Å². The summed E-state index contributed by atoms with van der Waals surface area (Å²) in [6.45, 7) is 42.4. The molecule has 0 spiro atoms. The summed E-state index contributed by atoms with van der Waals surface area (Å²) < 4.78 is 49.9. The van der Waals surface area contributed by atoms with E-state index >= 15 is 0 Å². The summed E-state index contributed by atoms with van der Waals surface area (Å²) in [6.07, 6.45) is 1.78. The molecular formula is C59H106O14Si3. The van der Waals surface area contributed by atoms with Crippen LogP contribution in [0.4, 0.5) is 0 Å². The number of carbonyl (C=O) groups is 3. The van der Waals surface area contributed by atoms with Gasteiger partial charge >= 0.3 is 5.97 Å². The van der Waals surface area contributed by atoms with Crippen molar-refractivity contribution in [3.63, 3.8) is 0 Å². The molecule has 0 radical (unpaired) electrons. The summed E-state index contributed by atoms with van der Waals surface area (Å²) in [5.74, 6) is -4.24. The minimum Gasteiger partial charge on any atom is -0.493 e. The first-order valence-electron chi connectivity index (χ1n) is 27.3. The van der Waals surface area contributed by atoms with Crippen molar-refractivity contribution in [3.05, 3.63) is 59.2 Å². The zero-order valence-electron chi connectivity index (χ0n) is 51.5. The maximum atomic E-state index is 14.8. The maximum Gasteiger partial charge on any atom is 0.334 e. The lowest BCUT2D eigenvalue weighted by Gasteiger charge is -2.42. The molecule has 0 unspecified atom stereocenters. The van der Waals surface area contributed by atoms with Crippen LogP contribution in [0, 0.1) is 35.5 Å². The summed E-state index contributed by atoms with van der Waals surface area (Å²) in [4.78, 5) is 42.5. The highest BCUT2D eigenvalue weighted by molar-refractivity contribution is 6.76. The third-order valence-corrected chi connectivity index (χ3v) is 26.5. The molecule has 0 amide bonds. The van der Waals surface area contributed by atoms with Gasteiger partial charge < -0.3 is 52.6 Å². The Morgan fingerprint density at radius 1 is 0.737 bits per heavy atom. The van der Waals surface area contributed by atoms with Crippen LogP contribution < -0.4 is 9.47 Å². The summed E-state index contributed by atoms with van der Waals surface area (Å²) in [6, 6.07) is 6.39. The Balaban J connectivity index is 3.97. The van der Waals surface area contributed by atoms with Crippen LogP contribution in [0.3, 0.4) is 0 Å². The smallest absolute Gasteiger partial charge is 0.334 e. The van der Waals surface area contributed by atoms with Crippen molar-refractivity contribution >= 4 is 42.2 Å². The Labute approximate surface area is 463 Å². The lowest BCUT2D eigenvalue weighted by molar-refractivity contribution is -0.157.